The van der Waals surface area contributed by atoms with Gasteiger partial charge in [0.2, 0.25) is 0 Å². The molecule has 62 valence electrons. The van der Waals surface area contributed by atoms with E-state index in [-0.39, 0.29) is 0 Å². The van der Waals surface area contributed by atoms with Crippen LogP contribution in [0.1, 0.15) is 0 Å². The van der Waals surface area contributed by atoms with Crippen LogP contribution >= 0.6 is 0 Å². The summed E-state index contributed by atoms with van der Waals surface area (Å²) in [5, 5.41) is 0. The SMILES string of the molecule is FC(F)=C(F)F.NCCN. The molecule has 0 atom stereocenters. The second-order valence-electron chi connectivity index (χ2n) is 1.10. The Morgan fingerprint density at radius 1 is 0.800 bits per heavy atom. The highest BCUT2D eigenvalue weighted by molar-refractivity contribution is 4.77. The van der Waals surface area contributed by atoms with Crippen molar-refractivity contribution in [1.29, 1.82) is 0 Å². The third-order valence-electron chi connectivity index (χ3n) is 0.310. The van der Waals surface area contributed by atoms with E-state index in [1.807, 2.05) is 0 Å². The van der Waals surface area contributed by atoms with E-state index in [2.05, 4.69) is 0 Å². The largest absolute Gasteiger partial charge is 0.334 e. The Balaban J connectivity index is 0. The highest BCUT2D eigenvalue weighted by atomic mass is 19.3. The fourth-order valence-corrected chi connectivity index (χ4v) is 0. The standard InChI is InChI=1S/C2F4.C2H8N2/c3-1(4)2(5)6;3-1-2-4/h;1-4H2. The minimum atomic E-state index is -2.91. The lowest BCUT2D eigenvalue weighted by Crippen LogP contribution is -2.11. The highest BCUT2D eigenvalue weighted by Gasteiger charge is 1.98. The molecular formula is C4H8F4N2. The minimum absolute atomic E-state index is 0.597. The van der Waals surface area contributed by atoms with Crippen LogP contribution in [-0.2, 0) is 0 Å². The molecule has 4 N–H and O–H groups in total. The van der Waals surface area contributed by atoms with Crippen LogP contribution in [0.3, 0.4) is 0 Å². The zero-order valence-electron chi connectivity index (χ0n) is 5.08. The molecule has 0 bridgehead atoms. The van der Waals surface area contributed by atoms with E-state index in [1.54, 1.807) is 0 Å². The molecule has 0 aliphatic rings. The lowest BCUT2D eigenvalue weighted by atomic mass is 10.7. The summed E-state index contributed by atoms with van der Waals surface area (Å²) in [6.45, 7) is 1.19. The summed E-state index contributed by atoms with van der Waals surface area (Å²) in [4.78, 5) is 0. The van der Waals surface area contributed by atoms with Crippen molar-refractivity contribution in [2.24, 2.45) is 11.5 Å². The Morgan fingerprint density at radius 3 is 1.00 bits per heavy atom. The number of rotatable bonds is 1. The Hall–Kier alpha value is -0.620. The summed E-state index contributed by atoms with van der Waals surface area (Å²) in [5.41, 5.74) is 9.81. The molecular weight excluding hydrogens is 152 g/mol. The predicted molar refractivity (Wildman–Crippen MR) is 29.6 cm³/mol. The fourth-order valence-electron chi connectivity index (χ4n) is 0. The summed E-state index contributed by atoms with van der Waals surface area (Å²) in [5.74, 6) is 0. The highest BCUT2D eigenvalue weighted by Crippen LogP contribution is 2.08. The van der Waals surface area contributed by atoms with Crippen LogP contribution in [-0.4, -0.2) is 13.1 Å². The van der Waals surface area contributed by atoms with Gasteiger partial charge in [-0.15, -0.1) is 0 Å². The molecule has 0 aliphatic heterocycles. The lowest BCUT2D eigenvalue weighted by molar-refractivity contribution is 0.308. The molecule has 10 heavy (non-hydrogen) atoms. The molecule has 0 unspecified atom stereocenters. The van der Waals surface area contributed by atoms with Crippen LogP contribution in [0.15, 0.2) is 12.2 Å². The molecule has 0 heterocycles. The van der Waals surface area contributed by atoms with Crippen molar-refractivity contribution >= 4 is 0 Å². The first-order chi connectivity index (χ1) is 4.56. The van der Waals surface area contributed by atoms with Gasteiger partial charge in [-0.2, -0.15) is 17.6 Å². The van der Waals surface area contributed by atoms with Gasteiger partial charge in [-0.1, -0.05) is 0 Å². The van der Waals surface area contributed by atoms with Gasteiger partial charge < -0.3 is 11.5 Å². The normalized spacial score (nSPS) is 7.80. The first-order valence-corrected chi connectivity index (χ1v) is 2.32. The quantitative estimate of drug-likeness (QED) is 0.560. The molecule has 0 aromatic carbocycles. The van der Waals surface area contributed by atoms with Crippen LogP contribution in [0.4, 0.5) is 17.6 Å². The fraction of sp³-hybridized carbons (Fsp3) is 0.500. The maximum absolute atomic E-state index is 10.3. The van der Waals surface area contributed by atoms with E-state index in [1.165, 1.54) is 0 Å². The average Bonchev–Trinajstić information content (AvgIpc) is 1.89. The van der Waals surface area contributed by atoms with Crippen LogP contribution in [0.5, 0.6) is 0 Å². The van der Waals surface area contributed by atoms with E-state index >= 15 is 0 Å². The van der Waals surface area contributed by atoms with Gasteiger partial charge in [-0.25, -0.2) is 0 Å². The molecule has 0 spiro atoms. The third-order valence-corrected chi connectivity index (χ3v) is 0.310. The maximum Gasteiger partial charge on any atom is 0.334 e. The van der Waals surface area contributed by atoms with Crippen LogP contribution in [0.2, 0.25) is 0 Å². The van der Waals surface area contributed by atoms with Crippen molar-refractivity contribution in [3.05, 3.63) is 12.2 Å². The molecule has 0 saturated carbocycles. The zero-order chi connectivity index (χ0) is 8.57. The topological polar surface area (TPSA) is 52.0 Å². The van der Waals surface area contributed by atoms with Crippen molar-refractivity contribution in [3.8, 4) is 0 Å². The molecule has 0 radical (unpaired) electrons. The molecule has 0 amide bonds. The van der Waals surface area contributed by atoms with Crippen molar-refractivity contribution < 1.29 is 17.6 Å². The summed E-state index contributed by atoms with van der Waals surface area (Å²) in [6, 6.07) is 0. The molecule has 0 saturated heterocycles. The third kappa shape index (κ3) is 15.7. The average molecular weight is 160 g/mol. The molecule has 0 rings (SSSR count). The van der Waals surface area contributed by atoms with Gasteiger partial charge in [0.15, 0.2) is 0 Å². The molecule has 0 aliphatic carbocycles. The van der Waals surface area contributed by atoms with Crippen molar-refractivity contribution in [1.82, 2.24) is 0 Å². The summed E-state index contributed by atoms with van der Waals surface area (Å²) in [6.07, 6.45) is -5.81. The smallest absolute Gasteiger partial charge is 0.329 e. The number of hydrogen-bond donors (Lipinski definition) is 2. The van der Waals surface area contributed by atoms with Gasteiger partial charge in [0.05, 0.1) is 0 Å². The first kappa shape index (κ1) is 12.1. The van der Waals surface area contributed by atoms with E-state index in [9.17, 15) is 17.6 Å². The summed E-state index contributed by atoms with van der Waals surface area (Å²) in [7, 11) is 0. The number of hydrogen-bond acceptors (Lipinski definition) is 2. The van der Waals surface area contributed by atoms with Crippen molar-refractivity contribution in [2.45, 2.75) is 0 Å². The van der Waals surface area contributed by atoms with Crippen molar-refractivity contribution in [2.75, 3.05) is 13.1 Å². The maximum atomic E-state index is 10.3. The van der Waals surface area contributed by atoms with Gasteiger partial charge >= 0.3 is 12.2 Å². The lowest BCUT2D eigenvalue weighted by Gasteiger charge is -1.72. The minimum Gasteiger partial charge on any atom is -0.329 e. The van der Waals surface area contributed by atoms with Gasteiger partial charge in [-0.05, 0) is 0 Å². The zero-order valence-corrected chi connectivity index (χ0v) is 5.08. The van der Waals surface area contributed by atoms with Crippen LogP contribution in [0, 0.1) is 0 Å². The Morgan fingerprint density at radius 2 is 1.00 bits per heavy atom. The molecule has 0 aromatic rings. The first-order valence-electron chi connectivity index (χ1n) is 2.32. The van der Waals surface area contributed by atoms with E-state index in [0.29, 0.717) is 13.1 Å². The Kier molecular flexibility index (Phi) is 10.1. The molecule has 6 heteroatoms. The van der Waals surface area contributed by atoms with Gasteiger partial charge in [0.1, 0.15) is 0 Å². The van der Waals surface area contributed by atoms with Gasteiger partial charge in [0, 0.05) is 13.1 Å². The number of halogens is 4. The molecule has 0 fully saturated rings. The second kappa shape index (κ2) is 8.38. The van der Waals surface area contributed by atoms with Crippen LogP contribution < -0.4 is 11.5 Å². The second-order valence-corrected chi connectivity index (χ2v) is 1.10. The van der Waals surface area contributed by atoms with Crippen molar-refractivity contribution in [3.63, 3.8) is 0 Å². The Labute approximate surface area is 55.5 Å². The van der Waals surface area contributed by atoms with Gasteiger partial charge in [0.25, 0.3) is 0 Å². The van der Waals surface area contributed by atoms with E-state index < -0.39 is 12.2 Å². The predicted octanol–water partition coefficient (Wildman–Crippen LogP) is 0.895. The van der Waals surface area contributed by atoms with Crippen LogP contribution in [0.25, 0.3) is 0 Å². The summed E-state index contributed by atoms with van der Waals surface area (Å²) >= 11 is 0. The summed E-state index contributed by atoms with van der Waals surface area (Å²) < 4.78 is 41.1. The van der Waals surface area contributed by atoms with E-state index in [0.717, 1.165) is 0 Å². The van der Waals surface area contributed by atoms with E-state index in [4.69, 9.17) is 11.5 Å². The monoisotopic (exact) mass is 160 g/mol. The molecule has 2 nitrogen and oxygen atoms in total. The molecule has 0 aromatic heterocycles. The number of nitrogens with two attached hydrogens (primary N) is 2. The van der Waals surface area contributed by atoms with Gasteiger partial charge in [-0.3, -0.25) is 0 Å². The Bertz CT molecular complexity index is 83.4.